The van der Waals surface area contributed by atoms with Gasteiger partial charge in [-0.1, -0.05) is 17.5 Å². The van der Waals surface area contributed by atoms with Gasteiger partial charge >= 0.3 is 0 Å². The van der Waals surface area contributed by atoms with E-state index in [1.54, 1.807) is 13.1 Å². The first-order valence-electron chi connectivity index (χ1n) is 3.76. The molecule has 13 heavy (non-hydrogen) atoms. The highest BCUT2D eigenvalue weighted by atomic mass is 35.5. The molecule has 0 fully saturated rings. The van der Waals surface area contributed by atoms with Crippen molar-refractivity contribution in [1.29, 1.82) is 0 Å². The molecule has 1 aromatic rings. The number of aromatic nitrogens is 2. The third-order valence-electron chi connectivity index (χ3n) is 1.39. The van der Waals surface area contributed by atoms with E-state index in [1.165, 1.54) is 6.20 Å². The van der Waals surface area contributed by atoms with Crippen LogP contribution in [-0.4, -0.2) is 16.1 Å². The molecule has 68 valence electrons. The summed E-state index contributed by atoms with van der Waals surface area (Å²) in [6.45, 7) is 2.15. The second-order valence-corrected chi connectivity index (χ2v) is 2.84. The number of hydrogen-bond acceptors (Lipinski definition) is 3. The fourth-order valence-corrected chi connectivity index (χ4v) is 0.770. The van der Waals surface area contributed by atoms with Gasteiger partial charge in [-0.15, -0.1) is 6.42 Å². The van der Waals surface area contributed by atoms with Crippen molar-refractivity contribution < 1.29 is 4.74 Å². The van der Waals surface area contributed by atoms with Crippen molar-refractivity contribution in [3.05, 3.63) is 23.2 Å². The molecular weight excluding hydrogens is 188 g/mol. The third-order valence-corrected chi connectivity index (χ3v) is 1.58. The summed E-state index contributed by atoms with van der Waals surface area (Å²) in [4.78, 5) is 7.85. The Balaban J connectivity index is 2.47. The van der Waals surface area contributed by atoms with Crippen molar-refractivity contribution in [3.8, 4) is 12.3 Å². The second-order valence-electron chi connectivity index (χ2n) is 2.45. The summed E-state index contributed by atoms with van der Waals surface area (Å²) in [5.74, 6) is 2.45. The molecule has 1 heterocycles. The maximum atomic E-state index is 5.55. The van der Waals surface area contributed by atoms with Crippen LogP contribution in [0.15, 0.2) is 12.4 Å². The second kappa shape index (κ2) is 4.80. The molecule has 0 aliphatic rings. The van der Waals surface area contributed by atoms with E-state index in [2.05, 4.69) is 15.9 Å². The van der Waals surface area contributed by atoms with E-state index in [0.717, 1.165) is 0 Å². The minimum Gasteiger partial charge on any atom is -0.359 e. The predicted molar refractivity (Wildman–Crippen MR) is 50.1 cm³/mol. The molecule has 0 radical (unpaired) electrons. The Morgan fingerprint density at radius 1 is 1.62 bits per heavy atom. The number of halogens is 1. The first-order valence-corrected chi connectivity index (χ1v) is 4.14. The fourth-order valence-electron chi connectivity index (χ4n) is 0.672. The highest BCUT2D eigenvalue weighted by Crippen LogP contribution is 2.03. The van der Waals surface area contributed by atoms with Gasteiger partial charge in [0.25, 0.3) is 0 Å². The van der Waals surface area contributed by atoms with Gasteiger partial charge in [-0.2, -0.15) is 0 Å². The monoisotopic (exact) mass is 196 g/mol. The van der Waals surface area contributed by atoms with Gasteiger partial charge in [-0.05, 0) is 6.92 Å². The summed E-state index contributed by atoms with van der Waals surface area (Å²) >= 11 is 5.55. The van der Waals surface area contributed by atoms with E-state index in [1.807, 2.05) is 0 Å². The number of rotatable bonds is 3. The average Bonchev–Trinajstić information content (AvgIpc) is 2.16. The van der Waals surface area contributed by atoms with Crippen LogP contribution in [0.1, 0.15) is 12.6 Å². The molecule has 0 aliphatic heterocycles. The van der Waals surface area contributed by atoms with Crippen LogP contribution in [0, 0.1) is 12.3 Å². The minimum atomic E-state index is -0.211. The predicted octanol–water partition coefficient (Wildman–Crippen LogP) is 1.67. The van der Waals surface area contributed by atoms with E-state index in [-0.39, 0.29) is 6.10 Å². The number of nitrogens with zero attached hydrogens (tertiary/aromatic N) is 2. The lowest BCUT2D eigenvalue weighted by Crippen LogP contribution is -2.05. The zero-order valence-corrected chi connectivity index (χ0v) is 7.95. The van der Waals surface area contributed by atoms with Crippen LogP contribution in [0.5, 0.6) is 0 Å². The van der Waals surface area contributed by atoms with Crippen molar-refractivity contribution in [2.45, 2.75) is 19.6 Å². The molecule has 4 heteroatoms. The van der Waals surface area contributed by atoms with E-state index in [9.17, 15) is 0 Å². The highest BCUT2D eigenvalue weighted by Gasteiger charge is 1.99. The maximum absolute atomic E-state index is 5.55. The van der Waals surface area contributed by atoms with Crippen molar-refractivity contribution in [1.82, 2.24) is 9.97 Å². The van der Waals surface area contributed by atoms with Gasteiger partial charge < -0.3 is 4.74 Å². The van der Waals surface area contributed by atoms with Gasteiger partial charge in [0.15, 0.2) is 0 Å². The first kappa shape index (κ1) is 9.97. The lowest BCUT2D eigenvalue weighted by molar-refractivity contribution is 0.0876. The van der Waals surface area contributed by atoms with Gasteiger partial charge in [-0.25, -0.2) is 4.98 Å². The molecule has 1 rings (SSSR count). The molecule has 0 amide bonds. The normalized spacial score (nSPS) is 12.1. The number of terminal acetylenes is 1. The minimum absolute atomic E-state index is 0.211. The van der Waals surface area contributed by atoms with Crippen LogP contribution in [0.2, 0.25) is 5.15 Å². The van der Waals surface area contributed by atoms with Crippen molar-refractivity contribution >= 4 is 11.6 Å². The van der Waals surface area contributed by atoms with Gasteiger partial charge in [-0.3, -0.25) is 4.98 Å². The summed E-state index contributed by atoms with van der Waals surface area (Å²) in [5.41, 5.74) is 0.714. The molecule has 3 nitrogen and oxygen atoms in total. The zero-order chi connectivity index (χ0) is 9.68. The number of ether oxygens (including phenoxy) is 1. The molecule has 0 spiro atoms. The molecule has 1 unspecified atom stereocenters. The van der Waals surface area contributed by atoms with Crippen molar-refractivity contribution in [3.63, 3.8) is 0 Å². The first-order chi connectivity index (χ1) is 6.22. The molecular formula is C9H9ClN2O. The quantitative estimate of drug-likeness (QED) is 0.690. The van der Waals surface area contributed by atoms with E-state index < -0.39 is 0 Å². The van der Waals surface area contributed by atoms with E-state index in [4.69, 9.17) is 22.8 Å². The maximum Gasteiger partial charge on any atom is 0.147 e. The molecule has 0 saturated carbocycles. The molecule has 0 bridgehead atoms. The van der Waals surface area contributed by atoms with Crippen molar-refractivity contribution in [2.24, 2.45) is 0 Å². The van der Waals surface area contributed by atoms with Crippen molar-refractivity contribution in [2.75, 3.05) is 0 Å². The molecule has 0 aliphatic carbocycles. The SMILES string of the molecule is C#CC(C)OCc1cnc(Cl)cn1. The van der Waals surface area contributed by atoms with Gasteiger partial charge in [0, 0.05) is 0 Å². The lowest BCUT2D eigenvalue weighted by atomic mass is 10.4. The largest absolute Gasteiger partial charge is 0.359 e. The Labute approximate surface area is 82.1 Å². The summed E-state index contributed by atoms with van der Waals surface area (Å²) in [6.07, 6.45) is 7.95. The highest BCUT2D eigenvalue weighted by molar-refractivity contribution is 6.29. The Morgan fingerprint density at radius 2 is 2.38 bits per heavy atom. The molecule has 0 saturated heterocycles. The van der Waals surface area contributed by atoms with Gasteiger partial charge in [0.1, 0.15) is 11.3 Å². The van der Waals surface area contributed by atoms with Crippen LogP contribution in [-0.2, 0) is 11.3 Å². The lowest BCUT2D eigenvalue weighted by Gasteiger charge is -2.05. The Kier molecular flexibility index (Phi) is 3.69. The van der Waals surface area contributed by atoms with Crippen LogP contribution in [0.3, 0.4) is 0 Å². The summed E-state index contributed by atoms with van der Waals surface area (Å²) in [5, 5.41) is 0.369. The van der Waals surface area contributed by atoms with Gasteiger partial charge in [0.05, 0.1) is 24.7 Å². The topological polar surface area (TPSA) is 35.0 Å². The Hall–Kier alpha value is -1.11. The van der Waals surface area contributed by atoms with Crippen LogP contribution < -0.4 is 0 Å². The van der Waals surface area contributed by atoms with Gasteiger partial charge in [0.2, 0.25) is 0 Å². The average molecular weight is 197 g/mol. The molecule has 0 aromatic carbocycles. The molecule has 1 aromatic heterocycles. The molecule has 1 atom stereocenters. The van der Waals surface area contributed by atoms with E-state index in [0.29, 0.717) is 17.5 Å². The molecule has 0 N–H and O–H groups in total. The Bertz CT molecular complexity index is 304. The smallest absolute Gasteiger partial charge is 0.147 e. The van der Waals surface area contributed by atoms with Crippen LogP contribution in [0.4, 0.5) is 0 Å². The van der Waals surface area contributed by atoms with E-state index >= 15 is 0 Å². The Morgan fingerprint density at radius 3 is 2.92 bits per heavy atom. The van der Waals surface area contributed by atoms with Crippen LogP contribution in [0.25, 0.3) is 0 Å². The van der Waals surface area contributed by atoms with Crippen LogP contribution >= 0.6 is 11.6 Å². The fraction of sp³-hybridized carbons (Fsp3) is 0.333. The summed E-state index contributed by atoms with van der Waals surface area (Å²) in [6, 6.07) is 0. The third kappa shape index (κ3) is 3.41. The zero-order valence-electron chi connectivity index (χ0n) is 7.20. The summed E-state index contributed by atoms with van der Waals surface area (Å²) in [7, 11) is 0. The summed E-state index contributed by atoms with van der Waals surface area (Å²) < 4.78 is 5.24. The number of hydrogen-bond donors (Lipinski definition) is 0. The standard InChI is InChI=1S/C9H9ClN2O/c1-3-7(2)13-6-8-4-12-9(10)5-11-8/h1,4-5,7H,6H2,2H3.